The van der Waals surface area contributed by atoms with Crippen LogP contribution in [0.25, 0.3) is 0 Å². The Labute approximate surface area is 145 Å². The number of benzene rings is 2. The van der Waals surface area contributed by atoms with Crippen molar-refractivity contribution in [2.45, 2.75) is 45.1 Å². The second kappa shape index (κ2) is 6.25. The summed E-state index contributed by atoms with van der Waals surface area (Å²) in [4.78, 5) is 0. The quantitative estimate of drug-likeness (QED) is 0.904. The van der Waals surface area contributed by atoms with E-state index in [4.69, 9.17) is 4.74 Å². The van der Waals surface area contributed by atoms with Crippen molar-refractivity contribution in [3.63, 3.8) is 0 Å². The van der Waals surface area contributed by atoms with E-state index in [2.05, 4.69) is 67.7 Å². The van der Waals surface area contributed by atoms with Gasteiger partial charge in [0.1, 0.15) is 11.9 Å². The Hall–Kier alpha value is -1.80. The van der Waals surface area contributed by atoms with Gasteiger partial charge in [0.25, 0.3) is 0 Å². The first kappa shape index (κ1) is 15.7. The maximum absolute atomic E-state index is 6.34. The second-order valence-corrected chi connectivity index (χ2v) is 7.68. The van der Waals surface area contributed by atoms with Gasteiger partial charge in [0.15, 0.2) is 0 Å². The van der Waals surface area contributed by atoms with Crippen LogP contribution in [-0.2, 0) is 12.8 Å². The van der Waals surface area contributed by atoms with Crippen LogP contribution in [0.15, 0.2) is 48.5 Å². The summed E-state index contributed by atoms with van der Waals surface area (Å²) < 4.78 is 6.34. The summed E-state index contributed by atoms with van der Waals surface area (Å²) in [7, 11) is 0. The number of fused-ring (bicyclic) bond motifs is 1. The lowest BCUT2D eigenvalue weighted by Gasteiger charge is -2.30. The maximum atomic E-state index is 6.34. The minimum absolute atomic E-state index is 0.275. The number of rotatable bonds is 4. The van der Waals surface area contributed by atoms with E-state index in [1.807, 2.05) is 0 Å². The van der Waals surface area contributed by atoms with E-state index in [0.717, 1.165) is 31.7 Å². The van der Waals surface area contributed by atoms with Crippen molar-refractivity contribution < 1.29 is 4.74 Å². The van der Waals surface area contributed by atoms with Gasteiger partial charge in [-0.3, -0.25) is 0 Å². The van der Waals surface area contributed by atoms with E-state index < -0.39 is 0 Å². The average Bonchev–Trinajstić information content (AvgIpc) is 3.18. The van der Waals surface area contributed by atoms with Crippen molar-refractivity contribution in [2.75, 3.05) is 13.1 Å². The minimum atomic E-state index is 0.275. The summed E-state index contributed by atoms with van der Waals surface area (Å²) in [6, 6.07) is 17.5. The Morgan fingerprint density at radius 1 is 1.08 bits per heavy atom. The Morgan fingerprint density at radius 2 is 1.83 bits per heavy atom. The van der Waals surface area contributed by atoms with Crippen LogP contribution in [0.3, 0.4) is 0 Å². The molecule has 2 atom stereocenters. The molecule has 2 aromatic carbocycles. The van der Waals surface area contributed by atoms with Gasteiger partial charge in [-0.15, -0.1) is 0 Å². The summed E-state index contributed by atoms with van der Waals surface area (Å²) in [6.07, 6.45) is 3.53. The van der Waals surface area contributed by atoms with Crippen LogP contribution in [0.1, 0.15) is 42.9 Å². The molecule has 0 amide bonds. The zero-order valence-electron chi connectivity index (χ0n) is 14.7. The normalized spacial score (nSPS) is 26.5. The molecule has 1 aliphatic carbocycles. The first-order valence-electron chi connectivity index (χ1n) is 9.22. The molecule has 1 fully saturated rings. The molecule has 0 bridgehead atoms. The molecule has 2 aromatic rings. The predicted molar refractivity (Wildman–Crippen MR) is 98.7 cm³/mol. The highest BCUT2D eigenvalue weighted by Crippen LogP contribution is 2.42. The first-order valence-corrected chi connectivity index (χ1v) is 9.22. The summed E-state index contributed by atoms with van der Waals surface area (Å²) >= 11 is 0. The fourth-order valence-corrected chi connectivity index (χ4v) is 4.36. The molecular formula is C22H27NO. The highest BCUT2D eigenvalue weighted by atomic mass is 16.5. The Balaban J connectivity index is 1.50. The number of hydrogen-bond donors (Lipinski definition) is 1. The largest absolute Gasteiger partial charge is 0.490 e. The zero-order chi connectivity index (χ0) is 16.6. The fourth-order valence-electron chi connectivity index (χ4n) is 4.36. The van der Waals surface area contributed by atoms with Gasteiger partial charge in [0, 0.05) is 31.8 Å². The van der Waals surface area contributed by atoms with E-state index >= 15 is 0 Å². The van der Waals surface area contributed by atoms with Crippen LogP contribution < -0.4 is 10.1 Å². The highest BCUT2D eigenvalue weighted by molar-refractivity contribution is 5.36. The summed E-state index contributed by atoms with van der Waals surface area (Å²) in [5.74, 6) is 1.60. The SMILES string of the molecule is CCC1(C)CNCC1c1cccc(OC2Cc3ccccc3C2)c1. The van der Waals surface area contributed by atoms with Gasteiger partial charge in [0.2, 0.25) is 0 Å². The summed E-state index contributed by atoms with van der Waals surface area (Å²) in [6.45, 7) is 6.88. The number of hydrogen-bond acceptors (Lipinski definition) is 2. The number of nitrogens with one attached hydrogen (secondary N) is 1. The van der Waals surface area contributed by atoms with Crippen molar-refractivity contribution in [3.8, 4) is 5.75 Å². The molecule has 2 nitrogen and oxygen atoms in total. The average molecular weight is 321 g/mol. The lowest BCUT2D eigenvalue weighted by Crippen LogP contribution is -2.24. The van der Waals surface area contributed by atoms with Crippen LogP contribution in [0.4, 0.5) is 0 Å². The molecule has 24 heavy (non-hydrogen) atoms. The smallest absolute Gasteiger partial charge is 0.120 e. The van der Waals surface area contributed by atoms with E-state index in [1.54, 1.807) is 0 Å². The van der Waals surface area contributed by atoms with Crippen LogP contribution >= 0.6 is 0 Å². The van der Waals surface area contributed by atoms with Crippen molar-refractivity contribution in [3.05, 3.63) is 65.2 Å². The minimum Gasteiger partial charge on any atom is -0.490 e. The molecular weight excluding hydrogens is 294 g/mol. The lowest BCUT2D eigenvalue weighted by atomic mass is 9.74. The van der Waals surface area contributed by atoms with Crippen LogP contribution in [0, 0.1) is 5.41 Å². The topological polar surface area (TPSA) is 21.3 Å². The van der Waals surface area contributed by atoms with Gasteiger partial charge in [-0.05, 0) is 40.7 Å². The van der Waals surface area contributed by atoms with E-state index in [0.29, 0.717) is 11.3 Å². The Morgan fingerprint density at radius 3 is 2.54 bits per heavy atom. The van der Waals surface area contributed by atoms with Crippen LogP contribution in [0.2, 0.25) is 0 Å². The summed E-state index contributed by atoms with van der Waals surface area (Å²) in [5.41, 5.74) is 4.65. The molecule has 0 radical (unpaired) electrons. The molecule has 0 spiro atoms. The van der Waals surface area contributed by atoms with E-state index in [-0.39, 0.29) is 6.10 Å². The van der Waals surface area contributed by atoms with E-state index in [1.165, 1.54) is 23.1 Å². The molecule has 2 unspecified atom stereocenters. The fraction of sp³-hybridized carbons (Fsp3) is 0.455. The molecule has 1 heterocycles. The van der Waals surface area contributed by atoms with Gasteiger partial charge < -0.3 is 10.1 Å². The molecule has 0 saturated carbocycles. The van der Waals surface area contributed by atoms with E-state index in [9.17, 15) is 0 Å². The Kier molecular flexibility index (Phi) is 4.09. The summed E-state index contributed by atoms with van der Waals surface area (Å²) in [5, 5.41) is 3.58. The molecule has 2 heteroatoms. The first-order chi connectivity index (χ1) is 11.7. The van der Waals surface area contributed by atoms with Crippen LogP contribution in [-0.4, -0.2) is 19.2 Å². The van der Waals surface area contributed by atoms with Crippen molar-refractivity contribution in [1.29, 1.82) is 0 Å². The third-order valence-electron chi connectivity index (χ3n) is 6.10. The van der Waals surface area contributed by atoms with Gasteiger partial charge in [-0.25, -0.2) is 0 Å². The molecule has 2 aliphatic rings. The molecule has 0 aromatic heterocycles. The standard InChI is InChI=1S/C22H27NO/c1-3-22(2)15-23-14-21(22)18-9-6-10-19(13-18)24-20-11-16-7-4-5-8-17(16)12-20/h4-10,13,20-21,23H,3,11-12,14-15H2,1-2H3. The molecule has 1 aliphatic heterocycles. The Bertz CT molecular complexity index is 700. The molecule has 1 N–H and O–H groups in total. The zero-order valence-corrected chi connectivity index (χ0v) is 14.7. The van der Waals surface area contributed by atoms with Gasteiger partial charge in [-0.2, -0.15) is 0 Å². The van der Waals surface area contributed by atoms with Crippen molar-refractivity contribution in [1.82, 2.24) is 5.32 Å². The molecule has 1 saturated heterocycles. The second-order valence-electron chi connectivity index (χ2n) is 7.68. The third kappa shape index (κ3) is 2.84. The maximum Gasteiger partial charge on any atom is 0.120 e. The third-order valence-corrected chi connectivity index (χ3v) is 6.10. The van der Waals surface area contributed by atoms with Gasteiger partial charge in [0.05, 0.1) is 0 Å². The monoisotopic (exact) mass is 321 g/mol. The number of ether oxygens (including phenoxy) is 1. The van der Waals surface area contributed by atoms with Gasteiger partial charge in [-0.1, -0.05) is 50.2 Å². The lowest BCUT2D eigenvalue weighted by molar-refractivity contribution is 0.213. The van der Waals surface area contributed by atoms with Crippen LogP contribution in [0.5, 0.6) is 5.75 Å². The molecule has 126 valence electrons. The van der Waals surface area contributed by atoms with Gasteiger partial charge >= 0.3 is 0 Å². The molecule has 4 rings (SSSR count). The highest BCUT2D eigenvalue weighted by Gasteiger charge is 2.38. The van der Waals surface area contributed by atoms with Crippen molar-refractivity contribution >= 4 is 0 Å². The predicted octanol–water partition coefficient (Wildman–Crippen LogP) is 4.34. The van der Waals surface area contributed by atoms with Crippen molar-refractivity contribution in [2.24, 2.45) is 5.41 Å².